The van der Waals surface area contributed by atoms with Crippen LogP contribution in [0.15, 0.2) is 18.2 Å². The standard InChI is InChI=1S/C15H22N2/c1-11-6-7-14(8-12(11)2)13(3)17-10-15(4,5)9-16/h6-8,13,17H,10H2,1-5H3. The molecule has 0 radical (unpaired) electrons. The number of hydrogen-bond acceptors (Lipinski definition) is 2. The Morgan fingerprint density at radius 3 is 2.47 bits per heavy atom. The Bertz CT molecular complexity index is 427. The van der Waals surface area contributed by atoms with E-state index in [1.165, 1.54) is 16.7 Å². The third kappa shape index (κ3) is 3.87. The second-order valence-electron chi connectivity index (χ2n) is 5.44. The lowest BCUT2D eigenvalue weighted by Crippen LogP contribution is -2.30. The molecule has 0 aliphatic heterocycles. The van der Waals surface area contributed by atoms with Gasteiger partial charge in [-0.15, -0.1) is 0 Å². The summed E-state index contributed by atoms with van der Waals surface area (Å²) in [5.41, 5.74) is 3.60. The number of benzene rings is 1. The molecule has 0 saturated heterocycles. The van der Waals surface area contributed by atoms with Crippen molar-refractivity contribution < 1.29 is 0 Å². The number of aryl methyl sites for hydroxylation is 2. The van der Waals surface area contributed by atoms with Crippen LogP contribution >= 0.6 is 0 Å². The third-order valence-electron chi connectivity index (χ3n) is 3.18. The normalized spacial score (nSPS) is 13.2. The number of nitrogens with one attached hydrogen (secondary N) is 1. The zero-order valence-electron chi connectivity index (χ0n) is 11.5. The van der Waals surface area contributed by atoms with Crippen LogP contribution in [0.3, 0.4) is 0 Å². The molecule has 17 heavy (non-hydrogen) atoms. The van der Waals surface area contributed by atoms with Crippen LogP contribution in [0.5, 0.6) is 0 Å². The van der Waals surface area contributed by atoms with Crippen molar-refractivity contribution in [3.8, 4) is 6.07 Å². The molecule has 0 fully saturated rings. The first kappa shape index (κ1) is 13.7. The molecule has 0 amide bonds. The largest absolute Gasteiger partial charge is 0.309 e. The number of rotatable bonds is 4. The molecule has 2 heteroatoms. The van der Waals surface area contributed by atoms with Gasteiger partial charge in [0.25, 0.3) is 0 Å². The zero-order valence-corrected chi connectivity index (χ0v) is 11.5. The van der Waals surface area contributed by atoms with E-state index in [0.717, 1.165) is 0 Å². The van der Waals surface area contributed by atoms with E-state index in [9.17, 15) is 0 Å². The SMILES string of the molecule is Cc1ccc(C(C)NCC(C)(C)C#N)cc1C. The van der Waals surface area contributed by atoms with Gasteiger partial charge in [-0.05, 0) is 51.3 Å². The Morgan fingerprint density at radius 2 is 1.94 bits per heavy atom. The summed E-state index contributed by atoms with van der Waals surface area (Å²) in [4.78, 5) is 0. The van der Waals surface area contributed by atoms with Crippen LogP contribution in [-0.2, 0) is 0 Å². The monoisotopic (exact) mass is 230 g/mol. The van der Waals surface area contributed by atoms with Crippen LogP contribution in [-0.4, -0.2) is 6.54 Å². The summed E-state index contributed by atoms with van der Waals surface area (Å²) in [5, 5.41) is 12.4. The maximum Gasteiger partial charge on any atom is 0.0697 e. The third-order valence-corrected chi connectivity index (χ3v) is 3.18. The van der Waals surface area contributed by atoms with Crippen LogP contribution in [0.25, 0.3) is 0 Å². The smallest absolute Gasteiger partial charge is 0.0697 e. The van der Waals surface area contributed by atoms with Gasteiger partial charge in [-0.1, -0.05) is 18.2 Å². The minimum absolute atomic E-state index is 0.280. The quantitative estimate of drug-likeness (QED) is 0.859. The molecule has 0 spiro atoms. The first-order valence-electron chi connectivity index (χ1n) is 6.07. The van der Waals surface area contributed by atoms with E-state index in [4.69, 9.17) is 5.26 Å². The first-order valence-corrected chi connectivity index (χ1v) is 6.07. The second-order valence-corrected chi connectivity index (χ2v) is 5.44. The fraction of sp³-hybridized carbons (Fsp3) is 0.533. The highest BCUT2D eigenvalue weighted by Gasteiger charge is 2.17. The molecule has 1 atom stereocenters. The van der Waals surface area contributed by atoms with Crippen molar-refractivity contribution >= 4 is 0 Å². The van der Waals surface area contributed by atoms with Crippen molar-refractivity contribution in [2.24, 2.45) is 5.41 Å². The van der Waals surface area contributed by atoms with Crippen LogP contribution in [0.4, 0.5) is 0 Å². The number of nitrogens with zero attached hydrogens (tertiary/aromatic N) is 1. The van der Waals surface area contributed by atoms with Gasteiger partial charge < -0.3 is 5.32 Å². The molecule has 1 unspecified atom stereocenters. The fourth-order valence-electron chi connectivity index (χ4n) is 1.60. The van der Waals surface area contributed by atoms with Crippen molar-refractivity contribution in [3.05, 3.63) is 34.9 Å². The van der Waals surface area contributed by atoms with E-state index in [1.54, 1.807) is 0 Å². The summed E-state index contributed by atoms with van der Waals surface area (Å²) in [5.74, 6) is 0. The molecule has 92 valence electrons. The summed E-state index contributed by atoms with van der Waals surface area (Å²) >= 11 is 0. The van der Waals surface area contributed by atoms with Crippen LogP contribution in [0, 0.1) is 30.6 Å². The van der Waals surface area contributed by atoms with E-state index in [-0.39, 0.29) is 11.5 Å². The predicted molar refractivity (Wildman–Crippen MR) is 71.7 cm³/mol. The van der Waals surface area contributed by atoms with Gasteiger partial charge in [0, 0.05) is 12.6 Å². The average molecular weight is 230 g/mol. The lowest BCUT2D eigenvalue weighted by atomic mass is 9.95. The van der Waals surface area contributed by atoms with Crippen molar-refractivity contribution in [3.63, 3.8) is 0 Å². The maximum absolute atomic E-state index is 8.97. The Labute approximate surface area is 105 Å². The highest BCUT2D eigenvalue weighted by molar-refractivity contribution is 5.31. The predicted octanol–water partition coefficient (Wildman–Crippen LogP) is 3.50. The van der Waals surface area contributed by atoms with E-state index in [1.807, 2.05) is 13.8 Å². The molecule has 0 bridgehead atoms. The fourth-order valence-corrected chi connectivity index (χ4v) is 1.60. The molecular weight excluding hydrogens is 208 g/mol. The van der Waals surface area contributed by atoms with Crippen molar-refractivity contribution in [2.45, 2.75) is 40.7 Å². The zero-order chi connectivity index (χ0) is 13.1. The molecule has 1 N–H and O–H groups in total. The molecule has 1 aromatic carbocycles. The van der Waals surface area contributed by atoms with Crippen molar-refractivity contribution in [1.29, 1.82) is 5.26 Å². The van der Waals surface area contributed by atoms with Crippen LogP contribution in [0.1, 0.15) is 43.5 Å². The molecule has 0 saturated carbocycles. The van der Waals surface area contributed by atoms with Crippen LogP contribution in [0.2, 0.25) is 0 Å². The van der Waals surface area contributed by atoms with Crippen LogP contribution < -0.4 is 5.32 Å². The molecule has 2 nitrogen and oxygen atoms in total. The lowest BCUT2D eigenvalue weighted by Gasteiger charge is -2.21. The van der Waals surface area contributed by atoms with Gasteiger partial charge in [-0.3, -0.25) is 0 Å². The van der Waals surface area contributed by atoms with E-state index in [2.05, 4.69) is 50.4 Å². The van der Waals surface area contributed by atoms with Gasteiger partial charge >= 0.3 is 0 Å². The van der Waals surface area contributed by atoms with E-state index >= 15 is 0 Å². The highest BCUT2D eigenvalue weighted by Crippen LogP contribution is 2.19. The molecule has 0 aliphatic carbocycles. The Morgan fingerprint density at radius 1 is 1.29 bits per heavy atom. The van der Waals surface area contributed by atoms with E-state index < -0.39 is 0 Å². The summed E-state index contributed by atoms with van der Waals surface area (Å²) < 4.78 is 0. The summed E-state index contributed by atoms with van der Waals surface area (Å²) in [6.07, 6.45) is 0. The second kappa shape index (κ2) is 5.33. The number of hydrogen-bond donors (Lipinski definition) is 1. The Balaban J connectivity index is 2.68. The van der Waals surface area contributed by atoms with Gasteiger partial charge in [0.15, 0.2) is 0 Å². The van der Waals surface area contributed by atoms with Gasteiger partial charge in [-0.2, -0.15) is 5.26 Å². The molecule has 0 aromatic heterocycles. The molecule has 1 aromatic rings. The maximum atomic E-state index is 8.97. The Hall–Kier alpha value is -1.33. The van der Waals surface area contributed by atoms with Crippen molar-refractivity contribution in [2.75, 3.05) is 6.54 Å². The molecular formula is C15H22N2. The van der Waals surface area contributed by atoms with Gasteiger partial charge in [0.2, 0.25) is 0 Å². The van der Waals surface area contributed by atoms with Gasteiger partial charge in [0.05, 0.1) is 11.5 Å². The van der Waals surface area contributed by atoms with Gasteiger partial charge in [0.1, 0.15) is 0 Å². The highest BCUT2D eigenvalue weighted by atomic mass is 14.9. The Kier molecular flexibility index (Phi) is 4.31. The minimum atomic E-state index is -0.312. The summed E-state index contributed by atoms with van der Waals surface area (Å²) in [6, 6.07) is 9.10. The summed E-state index contributed by atoms with van der Waals surface area (Å²) in [6.45, 7) is 11.0. The first-order chi connectivity index (χ1) is 7.85. The van der Waals surface area contributed by atoms with Crippen molar-refractivity contribution in [1.82, 2.24) is 5.32 Å². The average Bonchev–Trinajstić information content (AvgIpc) is 2.30. The topological polar surface area (TPSA) is 35.8 Å². The lowest BCUT2D eigenvalue weighted by molar-refractivity contribution is 0.415. The molecule has 0 aliphatic rings. The number of nitriles is 1. The molecule has 0 heterocycles. The summed E-state index contributed by atoms with van der Waals surface area (Å²) in [7, 11) is 0. The van der Waals surface area contributed by atoms with E-state index in [0.29, 0.717) is 6.54 Å². The minimum Gasteiger partial charge on any atom is -0.309 e. The molecule has 1 rings (SSSR count). The van der Waals surface area contributed by atoms with Gasteiger partial charge in [-0.25, -0.2) is 0 Å².